The fraction of sp³-hybridized carbons (Fsp3) is 0.286. The number of halogens is 4. The molecule has 1 aliphatic carbocycles. The van der Waals surface area contributed by atoms with Gasteiger partial charge in [0.15, 0.2) is 17.5 Å². The lowest BCUT2D eigenvalue weighted by Crippen LogP contribution is -2.03. The summed E-state index contributed by atoms with van der Waals surface area (Å²) in [6.07, 6.45) is 9.08. The van der Waals surface area contributed by atoms with Gasteiger partial charge in [0.1, 0.15) is 11.4 Å². The quantitative estimate of drug-likeness (QED) is 0.246. The van der Waals surface area contributed by atoms with Crippen LogP contribution in [0.5, 0.6) is 0 Å². The summed E-state index contributed by atoms with van der Waals surface area (Å²) in [6.45, 7) is 5.60. The number of anilines is 1. The van der Waals surface area contributed by atoms with E-state index in [0.717, 1.165) is 17.5 Å². The fourth-order valence-corrected chi connectivity index (χ4v) is 5.56. The molecule has 0 saturated heterocycles. The normalized spacial score (nSPS) is 13.4. The van der Waals surface area contributed by atoms with Crippen molar-refractivity contribution in [3.63, 3.8) is 0 Å². The Morgan fingerprint density at radius 2 is 1.62 bits per heavy atom. The minimum Gasteiger partial charge on any atom is -0.327 e. The number of benzene rings is 2. The third-order valence-corrected chi connectivity index (χ3v) is 7.38. The molecule has 1 N–H and O–H groups in total. The molecule has 0 atom stereocenters. The minimum atomic E-state index is -0.764. The summed E-state index contributed by atoms with van der Waals surface area (Å²) >= 11 is 7.88. The van der Waals surface area contributed by atoms with E-state index >= 15 is 4.39 Å². The van der Waals surface area contributed by atoms with E-state index in [0.29, 0.717) is 32.7 Å². The zero-order valence-corrected chi connectivity index (χ0v) is 22.4. The second kappa shape index (κ2) is 12.0. The molecule has 1 saturated carbocycles. The topological polar surface area (TPSA) is 42.7 Å². The summed E-state index contributed by atoms with van der Waals surface area (Å²) in [5.41, 5.74) is 1.86. The Bertz CT molecular complexity index is 1350. The maximum atomic E-state index is 15.8. The highest BCUT2D eigenvalue weighted by Crippen LogP contribution is 2.39. The van der Waals surface area contributed by atoms with E-state index in [1.807, 2.05) is 13.8 Å². The van der Waals surface area contributed by atoms with Crippen LogP contribution in [0.2, 0.25) is 5.02 Å². The number of rotatable bonds is 6. The van der Waals surface area contributed by atoms with Crippen LogP contribution in [0.1, 0.15) is 45.1 Å². The molecule has 2 aromatic carbocycles. The first-order valence-corrected chi connectivity index (χ1v) is 13.5. The molecule has 37 heavy (non-hydrogen) atoms. The maximum absolute atomic E-state index is 15.8. The van der Waals surface area contributed by atoms with Gasteiger partial charge >= 0.3 is 0 Å². The second-order valence-electron chi connectivity index (χ2n) is 8.59. The van der Waals surface area contributed by atoms with Crippen molar-refractivity contribution in [1.82, 2.24) is 14.8 Å². The highest BCUT2D eigenvalue weighted by atomic mass is 35.5. The van der Waals surface area contributed by atoms with Crippen LogP contribution in [-0.4, -0.2) is 20.0 Å². The van der Waals surface area contributed by atoms with Gasteiger partial charge in [-0.1, -0.05) is 38.3 Å². The predicted octanol–water partition coefficient (Wildman–Crippen LogP) is 9.01. The third-order valence-electron chi connectivity index (χ3n) is 6.02. The van der Waals surface area contributed by atoms with Crippen LogP contribution < -0.4 is 4.72 Å². The average Bonchev–Trinajstić information content (AvgIpc) is 3.56. The fourth-order valence-electron chi connectivity index (χ4n) is 4.33. The van der Waals surface area contributed by atoms with E-state index in [-0.39, 0.29) is 16.9 Å². The van der Waals surface area contributed by atoms with Gasteiger partial charge in [-0.15, -0.1) is 0 Å². The SMILES string of the molecule is CC.Cc1cc(F)c(-n2cc(-c3cc(Cl)cc(NSC4CCCC4)c3F)c(-c3ccncc3)n2)c(F)c1. The molecule has 0 spiro atoms. The van der Waals surface area contributed by atoms with Gasteiger partial charge < -0.3 is 4.72 Å². The summed E-state index contributed by atoms with van der Waals surface area (Å²) in [7, 11) is 0. The maximum Gasteiger partial charge on any atom is 0.155 e. The Hall–Kier alpha value is -2.97. The Balaban J connectivity index is 0.00000156. The molecule has 5 rings (SSSR count). The van der Waals surface area contributed by atoms with Gasteiger partial charge in [0, 0.05) is 45.6 Å². The molecule has 0 bridgehead atoms. The molecule has 1 aliphatic rings. The summed E-state index contributed by atoms with van der Waals surface area (Å²) in [4.78, 5) is 4.02. The molecule has 2 aromatic heterocycles. The van der Waals surface area contributed by atoms with Crippen molar-refractivity contribution in [2.45, 2.75) is 51.7 Å². The highest BCUT2D eigenvalue weighted by Gasteiger charge is 2.23. The van der Waals surface area contributed by atoms with Gasteiger partial charge in [0.2, 0.25) is 0 Å². The summed E-state index contributed by atoms with van der Waals surface area (Å²) in [6, 6.07) is 8.90. The first-order chi connectivity index (χ1) is 17.9. The standard InChI is InChI=1S/C26H22ClF3N4S.C2H6/c1-15-10-21(28)26(22(29)11-15)34-14-20(25(32-34)16-6-8-31-9-7-16)19-12-17(27)13-23(24(19)30)33-35-18-4-2-3-5-18;1-2/h6-14,18,33H,2-5H2,1H3;1-2H3. The van der Waals surface area contributed by atoms with Crippen molar-refractivity contribution >= 4 is 29.2 Å². The van der Waals surface area contributed by atoms with E-state index < -0.39 is 17.5 Å². The van der Waals surface area contributed by atoms with Crippen LogP contribution in [0.4, 0.5) is 18.9 Å². The third kappa shape index (κ3) is 5.96. The van der Waals surface area contributed by atoms with Gasteiger partial charge in [0.25, 0.3) is 0 Å². The average molecular weight is 545 g/mol. The number of nitrogens with one attached hydrogen (secondary N) is 1. The Morgan fingerprint density at radius 3 is 2.27 bits per heavy atom. The zero-order chi connectivity index (χ0) is 26.5. The van der Waals surface area contributed by atoms with Crippen molar-refractivity contribution in [2.24, 2.45) is 0 Å². The zero-order valence-electron chi connectivity index (χ0n) is 20.9. The van der Waals surface area contributed by atoms with Crippen LogP contribution in [0.3, 0.4) is 0 Å². The summed E-state index contributed by atoms with van der Waals surface area (Å²) in [5.74, 6) is -2.04. The Labute approximate surface area is 224 Å². The molecule has 4 nitrogen and oxygen atoms in total. The van der Waals surface area contributed by atoms with Gasteiger partial charge in [-0.2, -0.15) is 5.10 Å². The Morgan fingerprint density at radius 1 is 0.973 bits per heavy atom. The molecular weight excluding hydrogens is 517 g/mol. The Kier molecular flexibility index (Phi) is 8.82. The highest BCUT2D eigenvalue weighted by molar-refractivity contribution is 8.01. The van der Waals surface area contributed by atoms with Gasteiger partial charge in [-0.05, 0) is 73.7 Å². The molecule has 0 amide bonds. The van der Waals surface area contributed by atoms with Crippen LogP contribution in [0.25, 0.3) is 28.1 Å². The molecule has 0 unspecified atom stereocenters. The smallest absolute Gasteiger partial charge is 0.155 e. The molecule has 9 heteroatoms. The van der Waals surface area contributed by atoms with Crippen LogP contribution >= 0.6 is 23.5 Å². The van der Waals surface area contributed by atoms with E-state index in [1.165, 1.54) is 55.3 Å². The lowest BCUT2D eigenvalue weighted by Gasteiger charge is -2.14. The van der Waals surface area contributed by atoms with Crippen molar-refractivity contribution in [3.8, 4) is 28.1 Å². The van der Waals surface area contributed by atoms with Gasteiger partial charge in [0.05, 0.1) is 5.69 Å². The molecule has 0 radical (unpaired) electrons. The predicted molar refractivity (Wildman–Crippen MR) is 147 cm³/mol. The lowest BCUT2D eigenvalue weighted by molar-refractivity contribution is 0.558. The largest absolute Gasteiger partial charge is 0.327 e. The minimum absolute atomic E-state index is 0.179. The van der Waals surface area contributed by atoms with Crippen molar-refractivity contribution in [3.05, 3.63) is 83.0 Å². The van der Waals surface area contributed by atoms with Crippen LogP contribution in [0.15, 0.2) is 55.0 Å². The number of aromatic nitrogens is 3. The molecule has 2 heterocycles. The number of hydrogen-bond acceptors (Lipinski definition) is 4. The van der Waals surface area contributed by atoms with Crippen LogP contribution in [0, 0.1) is 24.4 Å². The first kappa shape index (κ1) is 27.1. The monoisotopic (exact) mass is 544 g/mol. The number of pyridine rings is 1. The lowest BCUT2D eigenvalue weighted by atomic mass is 10.0. The molecule has 0 aliphatic heterocycles. The van der Waals surface area contributed by atoms with Crippen molar-refractivity contribution in [2.75, 3.05) is 4.72 Å². The van der Waals surface area contributed by atoms with Crippen molar-refractivity contribution in [1.29, 1.82) is 0 Å². The number of nitrogens with zero attached hydrogens (tertiary/aromatic N) is 3. The van der Waals surface area contributed by atoms with E-state index in [4.69, 9.17) is 11.6 Å². The van der Waals surface area contributed by atoms with Crippen LogP contribution in [-0.2, 0) is 0 Å². The van der Waals surface area contributed by atoms with E-state index in [2.05, 4.69) is 14.8 Å². The van der Waals surface area contributed by atoms with E-state index in [1.54, 1.807) is 31.5 Å². The molecule has 1 fully saturated rings. The van der Waals surface area contributed by atoms with Crippen molar-refractivity contribution < 1.29 is 13.2 Å². The summed E-state index contributed by atoms with van der Waals surface area (Å²) in [5, 5.41) is 5.21. The number of aryl methyl sites for hydroxylation is 1. The summed E-state index contributed by atoms with van der Waals surface area (Å²) < 4.78 is 49.6. The molecular formula is C28H28ClF3N4S. The van der Waals surface area contributed by atoms with Gasteiger partial charge in [-0.25, -0.2) is 17.9 Å². The molecule has 194 valence electrons. The first-order valence-electron chi connectivity index (χ1n) is 12.3. The number of hydrogen-bond donors (Lipinski definition) is 1. The molecule has 4 aromatic rings. The van der Waals surface area contributed by atoms with E-state index in [9.17, 15) is 8.78 Å². The second-order valence-corrected chi connectivity index (χ2v) is 10.1. The van der Waals surface area contributed by atoms with Gasteiger partial charge in [-0.3, -0.25) is 4.98 Å².